The molecule has 1 amide bonds. The van der Waals surface area contributed by atoms with Crippen molar-refractivity contribution in [1.29, 1.82) is 0 Å². The van der Waals surface area contributed by atoms with Crippen molar-refractivity contribution in [1.82, 2.24) is 9.80 Å². The molecule has 0 spiro atoms. The summed E-state index contributed by atoms with van der Waals surface area (Å²) in [6.07, 6.45) is -2.30. The lowest BCUT2D eigenvalue weighted by Gasteiger charge is -2.47. The van der Waals surface area contributed by atoms with E-state index >= 15 is 0 Å². The largest absolute Gasteiger partial charge is 0.493 e. The van der Waals surface area contributed by atoms with E-state index in [9.17, 15) is 33.0 Å². The standard InChI is InChI=1S/C30H35F3N2O5/c31-30(32,33)29(12-3-13-29)19-34-14-10-20(11-15-34)18-40-23-8-6-21(7-9-23)24-4-1-2-5-25(24)27(37)35-17-22(36)16-26(35)28(38)39/h1-2,4-9,20,22,26,36H,3,10-19H2,(H,38,39)/t22-,26+/m1/s1. The number of alkyl halides is 3. The summed E-state index contributed by atoms with van der Waals surface area (Å²) >= 11 is 0. The number of amides is 1. The Morgan fingerprint density at radius 1 is 1.02 bits per heavy atom. The number of nitrogens with zero attached hydrogens (tertiary/aromatic N) is 2. The lowest BCUT2D eigenvalue weighted by Crippen LogP contribution is -2.53. The third kappa shape index (κ3) is 5.83. The molecule has 1 aliphatic carbocycles. The highest BCUT2D eigenvalue weighted by Crippen LogP contribution is 2.53. The molecule has 2 heterocycles. The van der Waals surface area contributed by atoms with E-state index in [-0.39, 0.29) is 38.3 Å². The van der Waals surface area contributed by atoms with E-state index in [2.05, 4.69) is 0 Å². The van der Waals surface area contributed by atoms with Crippen LogP contribution in [-0.2, 0) is 4.79 Å². The molecule has 7 nitrogen and oxygen atoms in total. The number of carbonyl (C=O) groups is 2. The molecule has 2 aliphatic heterocycles. The second-order valence-corrected chi connectivity index (χ2v) is 11.4. The summed E-state index contributed by atoms with van der Waals surface area (Å²) in [5, 5.41) is 19.5. The Hall–Kier alpha value is -3.11. The molecule has 216 valence electrons. The molecule has 1 saturated carbocycles. The van der Waals surface area contributed by atoms with Crippen LogP contribution in [0.25, 0.3) is 11.1 Å². The van der Waals surface area contributed by atoms with Crippen molar-refractivity contribution >= 4 is 11.9 Å². The minimum Gasteiger partial charge on any atom is -0.493 e. The number of carboxylic acid groups (broad SMARTS) is 1. The average molecular weight is 561 g/mol. The van der Waals surface area contributed by atoms with Crippen molar-refractivity contribution in [3.05, 3.63) is 54.1 Å². The maximum Gasteiger partial charge on any atom is 0.395 e. The summed E-state index contributed by atoms with van der Waals surface area (Å²) < 4.78 is 46.6. The zero-order valence-electron chi connectivity index (χ0n) is 22.3. The summed E-state index contributed by atoms with van der Waals surface area (Å²) in [7, 11) is 0. The monoisotopic (exact) mass is 560 g/mol. The van der Waals surface area contributed by atoms with Crippen LogP contribution >= 0.6 is 0 Å². The van der Waals surface area contributed by atoms with Gasteiger partial charge >= 0.3 is 12.1 Å². The topological polar surface area (TPSA) is 90.3 Å². The first-order valence-electron chi connectivity index (χ1n) is 13.9. The van der Waals surface area contributed by atoms with Crippen molar-refractivity contribution in [2.75, 3.05) is 32.8 Å². The molecule has 5 rings (SSSR count). The highest BCUT2D eigenvalue weighted by Gasteiger charge is 2.58. The molecule has 2 N–H and O–H groups in total. The van der Waals surface area contributed by atoms with Crippen LogP contribution < -0.4 is 4.74 Å². The number of aliphatic carboxylic acids is 1. The van der Waals surface area contributed by atoms with Crippen LogP contribution in [0.2, 0.25) is 0 Å². The Labute approximate surface area is 231 Å². The number of aliphatic hydroxyl groups excluding tert-OH is 1. The van der Waals surface area contributed by atoms with Crippen LogP contribution in [-0.4, -0.2) is 83.0 Å². The van der Waals surface area contributed by atoms with Crippen molar-refractivity contribution < 1.29 is 37.7 Å². The molecular formula is C30H35F3N2O5. The molecule has 2 saturated heterocycles. The van der Waals surface area contributed by atoms with Gasteiger partial charge in [-0.05, 0) is 74.0 Å². The fraction of sp³-hybridized carbons (Fsp3) is 0.533. The van der Waals surface area contributed by atoms with Gasteiger partial charge in [0.15, 0.2) is 0 Å². The Bertz CT molecular complexity index is 1210. The first-order valence-corrected chi connectivity index (χ1v) is 13.9. The third-order valence-electron chi connectivity index (χ3n) is 8.78. The SMILES string of the molecule is O=C(O)[C@@H]1C[C@@H](O)CN1C(=O)c1ccccc1-c1ccc(OCC2CCN(CC3(C(F)(F)F)CCC3)CC2)cc1. The highest BCUT2D eigenvalue weighted by atomic mass is 19.4. The second-order valence-electron chi connectivity index (χ2n) is 11.4. The smallest absolute Gasteiger partial charge is 0.395 e. The summed E-state index contributed by atoms with van der Waals surface area (Å²) in [5.74, 6) is -0.646. The fourth-order valence-corrected chi connectivity index (χ4v) is 6.17. The first-order chi connectivity index (χ1) is 19.1. The molecule has 0 aromatic heterocycles. The Morgan fingerprint density at radius 2 is 1.70 bits per heavy atom. The molecule has 2 aromatic rings. The summed E-state index contributed by atoms with van der Waals surface area (Å²) in [6, 6.07) is 13.2. The van der Waals surface area contributed by atoms with Crippen molar-refractivity contribution in [2.45, 2.75) is 56.8 Å². The van der Waals surface area contributed by atoms with Crippen LogP contribution in [0.5, 0.6) is 5.75 Å². The van der Waals surface area contributed by atoms with Crippen LogP contribution in [0.1, 0.15) is 48.9 Å². The zero-order valence-corrected chi connectivity index (χ0v) is 22.3. The number of β-amino-alcohol motifs (C(OH)–C–C–N with tert-alkyl or cyclic N) is 1. The molecule has 10 heteroatoms. The molecule has 0 unspecified atom stereocenters. The molecule has 0 bridgehead atoms. The van der Waals surface area contributed by atoms with E-state index in [1.54, 1.807) is 24.3 Å². The number of hydrogen-bond acceptors (Lipinski definition) is 5. The van der Waals surface area contributed by atoms with E-state index < -0.39 is 35.6 Å². The molecule has 3 fully saturated rings. The van der Waals surface area contributed by atoms with E-state index in [4.69, 9.17) is 4.74 Å². The average Bonchev–Trinajstić information content (AvgIpc) is 3.31. The van der Waals surface area contributed by atoms with Crippen LogP contribution in [0, 0.1) is 11.3 Å². The van der Waals surface area contributed by atoms with Crippen molar-refractivity contribution in [2.24, 2.45) is 11.3 Å². The number of rotatable bonds is 8. The Balaban J connectivity index is 1.16. The van der Waals surface area contributed by atoms with Crippen molar-refractivity contribution in [3.8, 4) is 16.9 Å². The zero-order chi connectivity index (χ0) is 28.5. The molecule has 40 heavy (non-hydrogen) atoms. The summed E-state index contributed by atoms with van der Waals surface area (Å²) in [6.45, 7) is 1.85. The van der Waals surface area contributed by atoms with E-state index in [1.165, 1.54) is 4.90 Å². The minimum absolute atomic E-state index is 0.00262. The van der Waals surface area contributed by atoms with Gasteiger partial charge in [0.2, 0.25) is 0 Å². The lowest BCUT2D eigenvalue weighted by molar-refractivity contribution is -0.256. The van der Waals surface area contributed by atoms with Gasteiger partial charge < -0.3 is 24.7 Å². The molecule has 0 radical (unpaired) electrons. The van der Waals surface area contributed by atoms with Crippen LogP contribution in [0.15, 0.2) is 48.5 Å². The van der Waals surface area contributed by atoms with E-state index in [0.717, 1.165) is 18.4 Å². The Morgan fingerprint density at radius 3 is 2.30 bits per heavy atom. The lowest BCUT2D eigenvalue weighted by atomic mass is 9.67. The van der Waals surface area contributed by atoms with Gasteiger partial charge in [0, 0.05) is 25.1 Å². The maximum absolute atomic E-state index is 13.5. The van der Waals surface area contributed by atoms with Crippen LogP contribution in [0.3, 0.4) is 0 Å². The predicted octanol–water partition coefficient (Wildman–Crippen LogP) is 4.84. The first kappa shape index (κ1) is 28.4. The number of halogens is 3. The summed E-state index contributed by atoms with van der Waals surface area (Å²) in [4.78, 5) is 28.1. The normalized spacial score (nSPS) is 23.6. The number of likely N-dealkylation sites (tertiary alicyclic amines) is 2. The van der Waals surface area contributed by atoms with Gasteiger partial charge in [0.1, 0.15) is 11.8 Å². The fourth-order valence-electron chi connectivity index (χ4n) is 6.17. The van der Waals surface area contributed by atoms with E-state index in [0.29, 0.717) is 43.0 Å². The molecule has 2 aromatic carbocycles. The summed E-state index contributed by atoms with van der Waals surface area (Å²) in [5.41, 5.74) is 0.262. The van der Waals surface area contributed by atoms with Gasteiger partial charge in [-0.1, -0.05) is 36.8 Å². The number of carbonyl (C=O) groups excluding carboxylic acids is 1. The van der Waals surface area contributed by atoms with Gasteiger partial charge in [-0.3, -0.25) is 4.79 Å². The molecular weight excluding hydrogens is 525 g/mol. The second kappa shape index (κ2) is 11.4. The number of aliphatic hydroxyl groups is 1. The third-order valence-corrected chi connectivity index (χ3v) is 8.78. The minimum atomic E-state index is -4.14. The van der Waals surface area contributed by atoms with Gasteiger partial charge in [-0.25, -0.2) is 4.79 Å². The predicted molar refractivity (Wildman–Crippen MR) is 142 cm³/mol. The highest BCUT2D eigenvalue weighted by molar-refractivity contribution is 6.02. The number of benzene rings is 2. The van der Waals surface area contributed by atoms with Gasteiger partial charge in [-0.2, -0.15) is 13.2 Å². The number of piperidine rings is 1. The Kier molecular flexibility index (Phi) is 8.10. The number of hydrogen-bond donors (Lipinski definition) is 2. The van der Waals surface area contributed by atoms with Gasteiger partial charge in [0.05, 0.1) is 18.1 Å². The van der Waals surface area contributed by atoms with Gasteiger partial charge in [-0.15, -0.1) is 0 Å². The van der Waals surface area contributed by atoms with Crippen LogP contribution in [0.4, 0.5) is 13.2 Å². The van der Waals surface area contributed by atoms with E-state index in [1.807, 2.05) is 29.2 Å². The molecule has 2 atom stereocenters. The maximum atomic E-state index is 13.5. The number of ether oxygens (including phenoxy) is 1. The molecule has 3 aliphatic rings. The van der Waals surface area contributed by atoms with Crippen molar-refractivity contribution in [3.63, 3.8) is 0 Å². The van der Waals surface area contributed by atoms with Gasteiger partial charge in [0.25, 0.3) is 5.91 Å². The quantitative estimate of drug-likeness (QED) is 0.481. The number of carboxylic acids is 1.